The smallest absolute Gasteiger partial charge is 0.360 e. The van der Waals surface area contributed by atoms with Gasteiger partial charge in [0.15, 0.2) is 12.3 Å². The fraction of sp³-hybridized carbons (Fsp3) is 0.633. The van der Waals surface area contributed by atoms with Gasteiger partial charge in [-0.2, -0.15) is 0 Å². The van der Waals surface area contributed by atoms with E-state index in [4.69, 9.17) is 4.84 Å². The van der Waals surface area contributed by atoms with Gasteiger partial charge in [0.2, 0.25) is 5.71 Å². The first-order valence-corrected chi connectivity index (χ1v) is 14.9. The maximum Gasteiger partial charge on any atom is 0.360 e. The summed E-state index contributed by atoms with van der Waals surface area (Å²) >= 11 is 0. The molecule has 4 unspecified atom stereocenters. The number of hydrogen-bond donors (Lipinski definition) is 2. The van der Waals surface area contributed by atoms with E-state index in [-0.39, 0.29) is 11.7 Å². The van der Waals surface area contributed by atoms with Crippen molar-refractivity contribution in [1.82, 2.24) is 19.8 Å². The molecule has 0 radical (unpaired) electrons. The van der Waals surface area contributed by atoms with Crippen LogP contribution in [0.2, 0.25) is 0 Å². The summed E-state index contributed by atoms with van der Waals surface area (Å²) < 4.78 is 1.77. The molecule has 3 heterocycles. The third-order valence-electron chi connectivity index (χ3n) is 9.75. The molecule has 2 aliphatic heterocycles. The van der Waals surface area contributed by atoms with E-state index in [1.807, 2.05) is 18.2 Å². The van der Waals surface area contributed by atoms with Crippen molar-refractivity contribution in [3.63, 3.8) is 0 Å². The molecule has 0 spiro atoms. The highest BCUT2D eigenvalue weighted by molar-refractivity contribution is 6.41. The van der Waals surface area contributed by atoms with Crippen molar-refractivity contribution in [2.24, 2.45) is 17.0 Å². The summed E-state index contributed by atoms with van der Waals surface area (Å²) in [5, 5.41) is 16.0. The molecule has 2 aromatic rings. The summed E-state index contributed by atoms with van der Waals surface area (Å²) in [4.78, 5) is 50.0. The molecule has 2 saturated carbocycles. The third kappa shape index (κ3) is 5.13. The zero-order valence-corrected chi connectivity index (χ0v) is 23.1. The van der Waals surface area contributed by atoms with E-state index in [1.54, 1.807) is 10.6 Å². The molecule has 2 N–H and O–H groups in total. The zero-order valence-electron chi connectivity index (χ0n) is 23.1. The molecular formula is C30H39N5O5. The predicted molar refractivity (Wildman–Crippen MR) is 150 cm³/mol. The minimum atomic E-state index is -1.43. The van der Waals surface area contributed by atoms with Gasteiger partial charge in [0, 0.05) is 31.2 Å². The molecule has 1 aromatic heterocycles. The minimum Gasteiger partial charge on any atom is -0.476 e. The average Bonchev–Trinajstić information content (AvgIpc) is 2.94. The molecule has 4 bridgehead atoms. The van der Waals surface area contributed by atoms with Crippen LogP contribution in [0.3, 0.4) is 0 Å². The number of rotatable bonds is 7. The Bertz CT molecular complexity index is 1350. The summed E-state index contributed by atoms with van der Waals surface area (Å²) in [6.07, 6.45) is 13.4. The summed E-state index contributed by atoms with van der Waals surface area (Å²) in [5.74, 6) is -0.163. The van der Waals surface area contributed by atoms with Gasteiger partial charge in [-0.25, -0.2) is 9.78 Å². The van der Waals surface area contributed by atoms with Crippen LogP contribution in [-0.2, 0) is 14.4 Å². The lowest BCUT2D eigenvalue weighted by Crippen LogP contribution is -2.58. The van der Waals surface area contributed by atoms with Crippen LogP contribution in [-0.4, -0.2) is 68.9 Å². The van der Waals surface area contributed by atoms with Crippen molar-refractivity contribution in [1.29, 1.82) is 0 Å². The zero-order chi connectivity index (χ0) is 27.8. The molecule has 1 aromatic carbocycles. The number of likely N-dealkylation sites (N-methyl/N-ethyl adjacent to an activating group) is 1. The number of benzene rings is 1. The summed E-state index contributed by atoms with van der Waals surface area (Å²) in [5.41, 5.74) is -0.108. The molecule has 40 heavy (non-hydrogen) atoms. The van der Waals surface area contributed by atoms with Gasteiger partial charge in [0.05, 0.1) is 11.0 Å². The van der Waals surface area contributed by atoms with Crippen LogP contribution in [0.25, 0.3) is 11.0 Å². The van der Waals surface area contributed by atoms with E-state index in [0.717, 1.165) is 37.5 Å². The SMILES string of the molecule is CNC(=O)CON=C(C(=O)O)c1nc2ccccc2n(C2CC3CCCC(C2)N3C2CC3CCCC(C3)C2)c1=O. The molecule has 2 saturated heterocycles. The van der Waals surface area contributed by atoms with Crippen molar-refractivity contribution >= 4 is 28.6 Å². The Morgan fingerprint density at radius 3 is 2.33 bits per heavy atom. The van der Waals surface area contributed by atoms with E-state index >= 15 is 0 Å². The van der Waals surface area contributed by atoms with Gasteiger partial charge < -0.3 is 19.8 Å². The summed E-state index contributed by atoms with van der Waals surface area (Å²) in [6, 6.07) is 8.81. The number of amides is 1. The number of piperidine rings is 2. The van der Waals surface area contributed by atoms with Crippen LogP contribution in [0, 0.1) is 11.8 Å². The lowest BCUT2D eigenvalue weighted by Gasteiger charge is -2.55. The van der Waals surface area contributed by atoms with Gasteiger partial charge in [-0.05, 0) is 68.9 Å². The van der Waals surface area contributed by atoms with Gasteiger partial charge >= 0.3 is 5.97 Å². The number of nitrogens with zero attached hydrogens (tertiary/aromatic N) is 4. The number of hydrogen-bond acceptors (Lipinski definition) is 7. The van der Waals surface area contributed by atoms with Crippen LogP contribution in [0.5, 0.6) is 0 Å². The molecule has 214 valence electrons. The molecule has 1 amide bonds. The lowest BCUT2D eigenvalue weighted by molar-refractivity contribution is -0.130. The van der Waals surface area contributed by atoms with Crippen molar-refractivity contribution in [2.75, 3.05) is 13.7 Å². The molecule has 10 nitrogen and oxygen atoms in total. The second-order valence-electron chi connectivity index (χ2n) is 12.2. The Morgan fingerprint density at radius 2 is 1.65 bits per heavy atom. The van der Waals surface area contributed by atoms with Crippen LogP contribution < -0.4 is 10.9 Å². The van der Waals surface area contributed by atoms with Gasteiger partial charge in [-0.3, -0.25) is 14.5 Å². The maximum atomic E-state index is 14.0. The quantitative estimate of drug-likeness (QED) is 0.400. The molecule has 4 atom stereocenters. The average molecular weight is 550 g/mol. The highest BCUT2D eigenvalue weighted by Crippen LogP contribution is 2.47. The van der Waals surface area contributed by atoms with Crippen LogP contribution in [0.15, 0.2) is 34.2 Å². The third-order valence-corrected chi connectivity index (χ3v) is 9.75. The number of carbonyl (C=O) groups is 2. The number of nitrogens with one attached hydrogen (secondary N) is 1. The largest absolute Gasteiger partial charge is 0.476 e. The Labute approximate surface area is 233 Å². The van der Waals surface area contributed by atoms with Crippen LogP contribution in [0.1, 0.15) is 82.4 Å². The topological polar surface area (TPSA) is 126 Å². The van der Waals surface area contributed by atoms with Crippen LogP contribution >= 0.6 is 0 Å². The Hall–Kier alpha value is -3.27. The van der Waals surface area contributed by atoms with Gasteiger partial charge in [-0.15, -0.1) is 0 Å². The molecule has 4 fully saturated rings. The van der Waals surface area contributed by atoms with E-state index in [1.165, 1.54) is 52.0 Å². The normalized spacial score (nSPS) is 30.6. The fourth-order valence-corrected chi connectivity index (χ4v) is 8.22. The number of aliphatic carboxylic acids is 1. The van der Waals surface area contributed by atoms with E-state index in [0.29, 0.717) is 29.2 Å². The molecule has 6 rings (SSSR count). The van der Waals surface area contributed by atoms with Crippen molar-refractivity contribution in [3.05, 3.63) is 40.3 Å². The maximum absolute atomic E-state index is 14.0. The van der Waals surface area contributed by atoms with Crippen molar-refractivity contribution in [2.45, 2.75) is 94.8 Å². The molecular weight excluding hydrogens is 510 g/mol. The number of carboxylic acids is 1. The Balaban J connectivity index is 1.34. The van der Waals surface area contributed by atoms with Gasteiger partial charge in [0.25, 0.3) is 11.5 Å². The number of fused-ring (bicyclic) bond motifs is 5. The standard InChI is InChI=1S/C30H39N5O5/c1-31-26(36)17-40-33-28(30(38)39)27-29(37)35(25-11-3-2-10-24(25)32-27)23-15-20-8-5-9-21(16-23)34(20)22-13-18-6-4-7-19(12-18)14-22/h2-3,10-11,18-23H,4-9,12-17H2,1H3,(H,31,36)(H,38,39). The molecule has 10 heteroatoms. The summed E-state index contributed by atoms with van der Waals surface area (Å²) in [6.45, 7) is -0.459. The monoisotopic (exact) mass is 549 g/mol. The highest BCUT2D eigenvalue weighted by atomic mass is 16.6. The first kappa shape index (κ1) is 26.9. The first-order chi connectivity index (χ1) is 19.4. The van der Waals surface area contributed by atoms with Gasteiger partial charge in [0.1, 0.15) is 0 Å². The number of para-hydroxylation sites is 2. The number of carboxylic acid groups (broad SMARTS) is 1. The van der Waals surface area contributed by atoms with Crippen molar-refractivity contribution in [3.8, 4) is 0 Å². The van der Waals surface area contributed by atoms with Crippen LogP contribution in [0.4, 0.5) is 0 Å². The lowest BCUT2D eigenvalue weighted by atomic mass is 9.68. The number of oxime groups is 1. The van der Waals surface area contributed by atoms with E-state index < -0.39 is 29.8 Å². The molecule has 2 aliphatic carbocycles. The van der Waals surface area contributed by atoms with Crippen molar-refractivity contribution < 1.29 is 19.5 Å². The Morgan fingerprint density at radius 1 is 0.975 bits per heavy atom. The number of carbonyl (C=O) groups excluding carboxylic acids is 1. The second-order valence-corrected chi connectivity index (χ2v) is 12.2. The fourth-order valence-electron chi connectivity index (χ4n) is 8.22. The molecule has 4 aliphatic rings. The van der Waals surface area contributed by atoms with E-state index in [2.05, 4.69) is 20.4 Å². The van der Waals surface area contributed by atoms with Gasteiger partial charge in [-0.1, -0.05) is 43.0 Å². The highest BCUT2D eigenvalue weighted by Gasteiger charge is 2.45. The Kier molecular flexibility index (Phi) is 7.61. The number of aromatic nitrogens is 2. The van der Waals surface area contributed by atoms with E-state index in [9.17, 15) is 19.5 Å². The summed E-state index contributed by atoms with van der Waals surface area (Å²) in [7, 11) is 1.44. The predicted octanol–water partition coefficient (Wildman–Crippen LogP) is 3.47. The first-order valence-electron chi connectivity index (χ1n) is 14.9. The second kappa shape index (κ2) is 11.3. The minimum absolute atomic E-state index is 0.0596.